The maximum absolute atomic E-state index is 5.43. The van der Waals surface area contributed by atoms with E-state index in [2.05, 4.69) is 71.1 Å². The van der Waals surface area contributed by atoms with Crippen molar-refractivity contribution < 1.29 is 9.47 Å². The Balaban J connectivity index is 1.88. The highest BCUT2D eigenvalue weighted by Gasteiger charge is 2.24. The molecule has 0 aromatic heterocycles. The molecule has 26 heavy (non-hydrogen) atoms. The first-order valence-corrected chi connectivity index (χ1v) is 9.58. The summed E-state index contributed by atoms with van der Waals surface area (Å²) in [5.74, 6) is 1.78. The predicted octanol–water partition coefficient (Wildman–Crippen LogP) is 5.82. The average Bonchev–Trinajstić information content (AvgIpc) is 3.07. The van der Waals surface area contributed by atoms with Crippen LogP contribution in [0.3, 0.4) is 0 Å². The first-order valence-electron chi connectivity index (χ1n) is 8.50. The van der Waals surface area contributed by atoms with E-state index in [-0.39, 0.29) is 0 Å². The van der Waals surface area contributed by atoms with E-state index in [1.807, 2.05) is 18.2 Å². The molecule has 0 radical (unpaired) electrons. The van der Waals surface area contributed by atoms with Crippen LogP contribution in [-0.4, -0.2) is 14.2 Å². The maximum Gasteiger partial charge on any atom is 0.119 e. The molecule has 0 unspecified atom stereocenters. The number of ether oxygens (including phenoxy) is 2. The van der Waals surface area contributed by atoms with Gasteiger partial charge in [0.25, 0.3) is 0 Å². The summed E-state index contributed by atoms with van der Waals surface area (Å²) in [6.07, 6.45) is 0.903. The zero-order valence-corrected chi connectivity index (χ0v) is 16.9. The van der Waals surface area contributed by atoms with E-state index < -0.39 is 0 Å². The van der Waals surface area contributed by atoms with E-state index in [0.29, 0.717) is 0 Å². The zero-order chi connectivity index (χ0) is 18.1. The van der Waals surface area contributed by atoms with Gasteiger partial charge in [-0.1, -0.05) is 30.3 Å². The molecule has 0 N–H and O–H groups in total. The molecule has 0 fully saturated rings. The molecule has 0 bridgehead atoms. The van der Waals surface area contributed by atoms with Gasteiger partial charge in [0.15, 0.2) is 0 Å². The maximum atomic E-state index is 5.43. The van der Waals surface area contributed by atoms with Crippen molar-refractivity contribution in [3.8, 4) is 11.5 Å². The van der Waals surface area contributed by atoms with E-state index in [0.717, 1.165) is 17.9 Å². The monoisotopic (exact) mass is 454 g/mol. The lowest BCUT2D eigenvalue weighted by Gasteiger charge is -2.11. The predicted molar refractivity (Wildman–Crippen MR) is 115 cm³/mol. The molecule has 0 atom stereocenters. The zero-order valence-electron chi connectivity index (χ0n) is 14.8. The van der Waals surface area contributed by atoms with Gasteiger partial charge in [0.2, 0.25) is 0 Å². The van der Waals surface area contributed by atoms with Crippen LogP contribution >= 0.6 is 22.6 Å². The van der Waals surface area contributed by atoms with Crippen molar-refractivity contribution in [2.75, 3.05) is 14.2 Å². The highest BCUT2D eigenvalue weighted by Crippen LogP contribution is 2.43. The molecule has 1 aliphatic carbocycles. The van der Waals surface area contributed by atoms with Gasteiger partial charge in [-0.05, 0) is 98.8 Å². The molecule has 3 aromatic carbocycles. The summed E-state index contributed by atoms with van der Waals surface area (Å²) < 4.78 is 12.0. The Labute approximate surface area is 167 Å². The molecule has 0 spiro atoms. The molecular weight excluding hydrogens is 435 g/mol. The third-order valence-corrected chi connectivity index (χ3v) is 5.54. The fourth-order valence-electron chi connectivity index (χ4n) is 3.51. The summed E-state index contributed by atoms with van der Waals surface area (Å²) in [4.78, 5) is 0. The molecule has 0 saturated carbocycles. The third kappa shape index (κ3) is 3.12. The lowest BCUT2D eigenvalue weighted by atomic mass is 9.94. The van der Waals surface area contributed by atoms with Crippen molar-refractivity contribution in [2.24, 2.45) is 0 Å². The summed E-state index contributed by atoms with van der Waals surface area (Å²) >= 11 is 2.35. The summed E-state index contributed by atoms with van der Waals surface area (Å²) in [5.41, 5.74) is 7.73. The van der Waals surface area contributed by atoms with Crippen LogP contribution in [0.5, 0.6) is 11.5 Å². The van der Waals surface area contributed by atoms with Crippen LogP contribution in [0.4, 0.5) is 0 Å². The number of halogens is 1. The van der Waals surface area contributed by atoms with Crippen molar-refractivity contribution in [1.82, 2.24) is 0 Å². The number of allylic oxidation sites excluding steroid dienone is 1. The first-order chi connectivity index (χ1) is 12.7. The molecule has 2 nitrogen and oxygen atoms in total. The SMILES string of the molecule is COc1ccc(C2=C(c3ccc(I)cc3)c3ccc(OC)cc3C2)cc1. The fraction of sp³-hybridized carbons (Fsp3) is 0.130. The van der Waals surface area contributed by atoms with Crippen LogP contribution < -0.4 is 9.47 Å². The molecule has 3 heteroatoms. The van der Waals surface area contributed by atoms with Crippen molar-refractivity contribution >= 4 is 33.7 Å². The van der Waals surface area contributed by atoms with Gasteiger partial charge in [0.1, 0.15) is 11.5 Å². The lowest BCUT2D eigenvalue weighted by molar-refractivity contribution is 0.414. The Kier molecular flexibility index (Phi) is 4.72. The number of benzene rings is 3. The molecule has 0 amide bonds. The second-order valence-corrected chi connectivity index (χ2v) is 7.53. The minimum absolute atomic E-state index is 0.877. The third-order valence-electron chi connectivity index (χ3n) is 4.82. The average molecular weight is 454 g/mol. The molecule has 0 aliphatic heterocycles. The normalized spacial score (nSPS) is 12.9. The Bertz CT molecular complexity index is 970. The van der Waals surface area contributed by atoms with Crippen LogP contribution in [-0.2, 0) is 6.42 Å². The second-order valence-electron chi connectivity index (χ2n) is 6.29. The molecule has 130 valence electrons. The van der Waals surface area contributed by atoms with Gasteiger partial charge in [-0.15, -0.1) is 0 Å². The quantitative estimate of drug-likeness (QED) is 0.463. The number of hydrogen-bond acceptors (Lipinski definition) is 2. The van der Waals surface area contributed by atoms with Crippen LogP contribution in [0, 0.1) is 3.57 Å². The molecule has 3 aromatic rings. The van der Waals surface area contributed by atoms with E-state index in [1.54, 1.807) is 14.2 Å². The Hall–Kier alpha value is -2.27. The highest BCUT2D eigenvalue weighted by molar-refractivity contribution is 14.1. The van der Waals surface area contributed by atoms with Gasteiger partial charge >= 0.3 is 0 Å². The molecule has 1 aliphatic rings. The van der Waals surface area contributed by atoms with Gasteiger partial charge in [0, 0.05) is 3.57 Å². The summed E-state index contributed by atoms with van der Waals surface area (Å²) in [7, 11) is 3.41. The topological polar surface area (TPSA) is 18.5 Å². The Morgan fingerprint density at radius 2 is 1.35 bits per heavy atom. The van der Waals surface area contributed by atoms with Crippen LogP contribution in [0.25, 0.3) is 11.1 Å². The standard InChI is InChI=1S/C23H19IO2/c1-25-19-9-5-15(6-10-19)22-14-17-13-20(26-2)11-12-21(17)23(22)16-3-7-18(24)8-4-16/h3-13H,14H2,1-2H3. The number of methoxy groups -OCH3 is 2. The minimum atomic E-state index is 0.877. The van der Waals surface area contributed by atoms with E-state index in [9.17, 15) is 0 Å². The van der Waals surface area contributed by atoms with Crippen molar-refractivity contribution in [3.05, 3.63) is 92.6 Å². The van der Waals surface area contributed by atoms with Crippen LogP contribution in [0.2, 0.25) is 0 Å². The van der Waals surface area contributed by atoms with Crippen LogP contribution in [0.1, 0.15) is 22.3 Å². The van der Waals surface area contributed by atoms with Crippen LogP contribution in [0.15, 0.2) is 66.7 Å². The first kappa shape index (κ1) is 17.2. The number of rotatable bonds is 4. The molecular formula is C23H19IO2. The van der Waals surface area contributed by atoms with Crippen molar-refractivity contribution in [1.29, 1.82) is 0 Å². The fourth-order valence-corrected chi connectivity index (χ4v) is 3.87. The Morgan fingerprint density at radius 3 is 2.00 bits per heavy atom. The van der Waals surface area contributed by atoms with E-state index >= 15 is 0 Å². The summed E-state index contributed by atoms with van der Waals surface area (Å²) in [6.45, 7) is 0. The van der Waals surface area contributed by atoms with Gasteiger partial charge in [-0.2, -0.15) is 0 Å². The number of fused-ring (bicyclic) bond motifs is 1. The second kappa shape index (κ2) is 7.16. The van der Waals surface area contributed by atoms with Gasteiger partial charge in [0.05, 0.1) is 14.2 Å². The summed E-state index contributed by atoms with van der Waals surface area (Å²) in [5, 5.41) is 0. The number of hydrogen-bond donors (Lipinski definition) is 0. The van der Waals surface area contributed by atoms with E-state index in [1.165, 1.54) is 37.0 Å². The molecule has 0 saturated heterocycles. The largest absolute Gasteiger partial charge is 0.497 e. The van der Waals surface area contributed by atoms with Crippen molar-refractivity contribution in [2.45, 2.75) is 6.42 Å². The van der Waals surface area contributed by atoms with Crippen molar-refractivity contribution in [3.63, 3.8) is 0 Å². The van der Waals surface area contributed by atoms with Gasteiger partial charge in [-0.3, -0.25) is 0 Å². The lowest BCUT2D eigenvalue weighted by Crippen LogP contribution is -1.90. The molecule has 4 rings (SSSR count). The highest BCUT2D eigenvalue weighted by atomic mass is 127. The summed E-state index contributed by atoms with van der Waals surface area (Å²) in [6, 6.07) is 23.5. The Morgan fingerprint density at radius 1 is 0.731 bits per heavy atom. The smallest absolute Gasteiger partial charge is 0.119 e. The van der Waals surface area contributed by atoms with Gasteiger partial charge < -0.3 is 9.47 Å². The van der Waals surface area contributed by atoms with Gasteiger partial charge in [-0.25, -0.2) is 0 Å². The van der Waals surface area contributed by atoms with E-state index in [4.69, 9.17) is 9.47 Å². The molecule has 0 heterocycles. The minimum Gasteiger partial charge on any atom is -0.497 e.